The highest BCUT2D eigenvalue weighted by molar-refractivity contribution is 7.71. The van der Waals surface area contributed by atoms with E-state index in [0.717, 1.165) is 0 Å². The zero-order chi connectivity index (χ0) is 20.8. The summed E-state index contributed by atoms with van der Waals surface area (Å²) in [5, 5.41) is 10.3. The third-order valence-electron chi connectivity index (χ3n) is 3.97. The van der Waals surface area contributed by atoms with Gasteiger partial charge in [-0.15, -0.1) is 6.58 Å². The molecule has 2 N–H and O–H groups in total. The molecule has 0 atom stereocenters. The molecule has 2 aromatic carbocycles. The van der Waals surface area contributed by atoms with Crippen LogP contribution >= 0.6 is 12.2 Å². The molecule has 0 aliphatic heterocycles. The minimum Gasteiger partial charge on any atom is -0.497 e. The number of benzene rings is 2. The minimum absolute atomic E-state index is 0.0113. The molecule has 3 rings (SSSR count). The van der Waals surface area contributed by atoms with Gasteiger partial charge in [0.05, 0.1) is 12.8 Å². The average Bonchev–Trinajstić information content (AvgIpc) is 2.72. The number of hydrogen-bond donors (Lipinski definition) is 2. The van der Waals surface area contributed by atoms with E-state index in [1.165, 1.54) is 10.8 Å². The van der Waals surface area contributed by atoms with Crippen molar-refractivity contribution < 1.29 is 14.6 Å². The first-order valence-electron chi connectivity index (χ1n) is 8.65. The summed E-state index contributed by atoms with van der Waals surface area (Å²) < 4.78 is 12.4. The van der Waals surface area contributed by atoms with Crippen LogP contribution in [0, 0.1) is 4.77 Å². The van der Waals surface area contributed by atoms with Crippen LogP contribution in [0.25, 0.3) is 0 Å². The number of aromatic nitrogens is 2. The molecule has 0 amide bonds. The van der Waals surface area contributed by atoms with Gasteiger partial charge in [0.2, 0.25) is 5.88 Å². The first-order valence-corrected chi connectivity index (χ1v) is 9.05. The maximum atomic E-state index is 12.1. The fourth-order valence-electron chi connectivity index (χ4n) is 2.53. The van der Waals surface area contributed by atoms with Crippen LogP contribution in [0.3, 0.4) is 0 Å². The second-order valence-electron chi connectivity index (χ2n) is 5.93. The Labute approximate surface area is 172 Å². The van der Waals surface area contributed by atoms with Crippen molar-refractivity contribution in [2.45, 2.75) is 6.54 Å². The van der Waals surface area contributed by atoms with E-state index in [2.05, 4.69) is 16.6 Å². The van der Waals surface area contributed by atoms with Crippen molar-refractivity contribution in [2.24, 2.45) is 4.99 Å². The largest absolute Gasteiger partial charge is 0.497 e. The topological polar surface area (TPSA) is 88.8 Å². The van der Waals surface area contributed by atoms with E-state index in [4.69, 9.17) is 21.7 Å². The molecule has 0 fully saturated rings. The summed E-state index contributed by atoms with van der Waals surface area (Å²) in [5.74, 6) is 1.71. The van der Waals surface area contributed by atoms with Crippen molar-refractivity contribution in [2.75, 3.05) is 7.11 Å². The third-order valence-corrected chi connectivity index (χ3v) is 4.30. The molecular formula is C21H19N3O4S. The Balaban J connectivity index is 1.80. The number of methoxy groups -OCH3 is 1. The Morgan fingerprint density at radius 2 is 1.93 bits per heavy atom. The lowest BCUT2D eigenvalue weighted by atomic mass is 10.3. The van der Waals surface area contributed by atoms with Crippen molar-refractivity contribution in [1.82, 2.24) is 9.55 Å². The van der Waals surface area contributed by atoms with Gasteiger partial charge >= 0.3 is 0 Å². The summed E-state index contributed by atoms with van der Waals surface area (Å²) in [6.07, 6.45) is 2.86. The Kier molecular flexibility index (Phi) is 6.25. The average molecular weight is 409 g/mol. The number of ether oxygens (including phenoxy) is 2. The van der Waals surface area contributed by atoms with Crippen molar-refractivity contribution in [3.8, 4) is 23.1 Å². The van der Waals surface area contributed by atoms with Crippen LogP contribution in [0.15, 0.2) is 71.0 Å². The second kappa shape index (κ2) is 9.03. The van der Waals surface area contributed by atoms with Crippen molar-refractivity contribution >= 4 is 24.1 Å². The number of aromatic amines is 1. The second-order valence-corrected chi connectivity index (χ2v) is 6.32. The van der Waals surface area contributed by atoms with Gasteiger partial charge in [0.25, 0.3) is 5.56 Å². The van der Waals surface area contributed by atoms with Crippen molar-refractivity contribution in [3.05, 3.63) is 81.9 Å². The predicted octanol–water partition coefficient (Wildman–Crippen LogP) is 4.35. The fourth-order valence-corrected chi connectivity index (χ4v) is 2.78. The summed E-state index contributed by atoms with van der Waals surface area (Å²) in [7, 11) is 1.59. The van der Waals surface area contributed by atoms with Gasteiger partial charge in [-0.3, -0.25) is 19.3 Å². The van der Waals surface area contributed by atoms with Crippen molar-refractivity contribution in [1.29, 1.82) is 0 Å². The minimum atomic E-state index is -0.519. The van der Waals surface area contributed by atoms with Crippen LogP contribution in [0.1, 0.15) is 5.56 Å². The Morgan fingerprint density at radius 3 is 2.62 bits per heavy atom. The van der Waals surface area contributed by atoms with Gasteiger partial charge in [-0.1, -0.05) is 12.1 Å². The lowest BCUT2D eigenvalue weighted by Crippen LogP contribution is -2.18. The SMILES string of the molecule is C=CCn1c(O)c(C=Nc2ccc(Oc3cccc(OC)c3)cc2)c(=O)[nH]c1=S. The predicted molar refractivity (Wildman–Crippen MR) is 115 cm³/mol. The normalized spacial score (nSPS) is 10.8. The van der Waals surface area contributed by atoms with Crippen LogP contribution in [-0.2, 0) is 6.54 Å². The fraction of sp³-hybridized carbons (Fsp3) is 0.0952. The summed E-state index contributed by atoms with van der Waals surface area (Å²) in [6.45, 7) is 3.87. The van der Waals surface area contributed by atoms with Crippen LogP contribution in [0.2, 0.25) is 0 Å². The number of allylic oxidation sites excluding steroid dienone is 1. The summed E-state index contributed by atoms with van der Waals surface area (Å²) >= 11 is 5.05. The van der Waals surface area contributed by atoms with Crippen LogP contribution in [0.4, 0.5) is 5.69 Å². The van der Waals surface area contributed by atoms with Gasteiger partial charge in [0, 0.05) is 18.8 Å². The molecule has 0 aliphatic carbocycles. The Morgan fingerprint density at radius 1 is 1.21 bits per heavy atom. The maximum absolute atomic E-state index is 12.1. The van der Waals surface area contributed by atoms with Gasteiger partial charge in [0.15, 0.2) is 4.77 Å². The smallest absolute Gasteiger partial charge is 0.264 e. The summed E-state index contributed by atoms with van der Waals surface area (Å²) in [6, 6.07) is 14.2. The quantitative estimate of drug-likeness (QED) is 0.344. The van der Waals surface area contributed by atoms with Crippen molar-refractivity contribution in [3.63, 3.8) is 0 Å². The van der Waals surface area contributed by atoms with Gasteiger partial charge in [-0.05, 0) is 48.6 Å². The van der Waals surface area contributed by atoms with Crippen LogP contribution in [-0.4, -0.2) is 28.0 Å². The lowest BCUT2D eigenvalue weighted by Gasteiger charge is -2.08. The molecule has 1 heterocycles. The monoisotopic (exact) mass is 409 g/mol. The third kappa shape index (κ3) is 4.80. The number of nitrogens with zero attached hydrogens (tertiary/aromatic N) is 2. The first-order chi connectivity index (χ1) is 14.0. The van der Waals surface area contributed by atoms with E-state index < -0.39 is 5.56 Å². The maximum Gasteiger partial charge on any atom is 0.264 e. The number of hydrogen-bond acceptors (Lipinski definition) is 6. The molecule has 0 spiro atoms. The molecule has 0 aliphatic rings. The number of aromatic hydroxyl groups is 1. The summed E-state index contributed by atoms with van der Waals surface area (Å²) in [4.78, 5) is 18.9. The van der Waals surface area contributed by atoms with Gasteiger partial charge in [0.1, 0.15) is 22.8 Å². The van der Waals surface area contributed by atoms with Crippen LogP contribution in [0.5, 0.6) is 23.1 Å². The molecule has 0 bridgehead atoms. The molecular weight excluding hydrogens is 390 g/mol. The Hall–Kier alpha value is -3.65. The molecule has 148 valence electrons. The highest BCUT2D eigenvalue weighted by atomic mass is 32.1. The van der Waals surface area contributed by atoms with Gasteiger partial charge in [-0.2, -0.15) is 0 Å². The molecule has 3 aromatic rings. The molecule has 29 heavy (non-hydrogen) atoms. The highest BCUT2D eigenvalue weighted by Gasteiger charge is 2.10. The molecule has 8 heteroatoms. The van der Waals surface area contributed by atoms with E-state index in [1.54, 1.807) is 43.5 Å². The number of rotatable bonds is 7. The highest BCUT2D eigenvalue weighted by Crippen LogP contribution is 2.26. The number of aliphatic imine (C=N–C) groups is 1. The number of H-pyrrole nitrogens is 1. The van der Waals surface area contributed by atoms with E-state index in [9.17, 15) is 9.90 Å². The van der Waals surface area contributed by atoms with Gasteiger partial charge < -0.3 is 14.6 Å². The molecule has 0 radical (unpaired) electrons. The standard InChI is InChI=1S/C21H19N3O4S/c1-3-11-24-20(26)18(19(25)23-21(24)29)13-22-14-7-9-15(10-8-14)28-17-6-4-5-16(12-17)27-2/h3-10,12-13,26H,1,11H2,2H3,(H,23,25,29). The molecule has 0 unspecified atom stereocenters. The van der Waals surface area contributed by atoms with E-state index in [0.29, 0.717) is 22.9 Å². The van der Waals surface area contributed by atoms with Gasteiger partial charge in [-0.25, -0.2) is 0 Å². The molecule has 1 aromatic heterocycles. The first kappa shape index (κ1) is 20.1. The van der Waals surface area contributed by atoms with Crippen LogP contribution < -0.4 is 15.0 Å². The zero-order valence-corrected chi connectivity index (χ0v) is 16.5. The number of nitrogens with one attached hydrogen (secondary N) is 1. The Bertz CT molecular complexity index is 1160. The summed E-state index contributed by atoms with van der Waals surface area (Å²) in [5.41, 5.74) is 0.0752. The van der Waals surface area contributed by atoms with E-state index in [1.807, 2.05) is 18.2 Å². The molecule has 0 saturated carbocycles. The van der Waals surface area contributed by atoms with E-state index in [-0.39, 0.29) is 22.8 Å². The zero-order valence-electron chi connectivity index (χ0n) is 15.7. The molecule has 7 nitrogen and oxygen atoms in total. The lowest BCUT2D eigenvalue weighted by molar-refractivity contribution is 0.409. The molecule has 0 saturated heterocycles. The van der Waals surface area contributed by atoms with E-state index >= 15 is 0 Å².